The molecule has 0 saturated carbocycles. The van der Waals surface area contributed by atoms with E-state index in [4.69, 9.17) is 0 Å². The van der Waals surface area contributed by atoms with Gasteiger partial charge >= 0.3 is 0 Å². The summed E-state index contributed by atoms with van der Waals surface area (Å²) in [6.07, 6.45) is -0.566. The first kappa shape index (κ1) is 12.6. The van der Waals surface area contributed by atoms with Crippen LogP contribution in [-0.4, -0.2) is 27.2 Å². The van der Waals surface area contributed by atoms with E-state index in [0.29, 0.717) is 23.8 Å². The Balaban J connectivity index is 2.01. The van der Waals surface area contributed by atoms with Gasteiger partial charge in [0.1, 0.15) is 11.9 Å². The molecule has 3 rings (SSSR count). The molecule has 0 radical (unpaired) electrons. The number of hydrogen-bond donors (Lipinski definition) is 4. The summed E-state index contributed by atoms with van der Waals surface area (Å²) in [5.74, 6) is 1.05. The number of H-pyrrole nitrogens is 1. The lowest BCUT2D eigenvalue weighted by atomic mass is 9.88. The van der Waals surface area contributed by atoms with Gasteiger partial charge in [0.15, 0.2) is 0 Å². The molecule has 1 fully saturated rings. The van der Waals surface area contributed by atoms with Gasteiger partial charge in [0.05, 0.1) is 11.0 Å². The van der Waals surface area contributed by atoms with E-state index in [0.717, 1.165) is 11.0 Å². The number of hydrogen-bond acceptors (Lipinski definition) is 4. The highest BCUT2D eigenvalue weighted by Crippen LogP contribution is 2.29. The van der Waals surface area contributed by atoms with Crippen LogP contribution in [0.15, 0.2) is 18.2 Å². The Morgan fingerprint density at radius 1 is 1.21 bits per heavy atom. The Kier molecular flexibility index (Phi) is 3.05. The van der Waals surface area contributed by atoms with Crippen LogP contribution in [0.1, 0.15) is 44.2 Å². The topological polar surface area (TPSA) is 73.0 Å². The molecule has 0 bridgehead atoms. The quantitative estimate of drug-likeness (QED) is 0.661. The fourth-order valence-corrected chi connectivity index (χ4v) is 2.90. The minimum Gasteiger partial charge on any atom is -0.385 e. The summed E-state index contributed by atoms with van der Waals surface area (Å²) in [6.45, 7) is 6.08. The lowest BCUT2D eigenvalue weighted by Crippen LogP contribution is -2.30. The maximum absolute atomic E-state index is 9.58. The molecule has 5 heteroatoms. The third-order valence-electron chi connectivity index (χ3n) is 3.92. The lowest BCUT2D eigenvalue weighted by Gasteiger charge is -2.18. The van der Waals surface area contributed by atoms with Crippen molar-refractivity contribution in [3.63, 3.8) is 0 Å². The van der Waals surface area contributed by atoms with Gasteiger partial charge in [-0.3, -0.25) is 10.9 Å². The largest absolute Gasteiger partial charge is 0.385 e. The van der Waals surface area contributed by atoms with Gasteiger partial charge in [-0.15, -0.1) is 0 Å². The molecule has 0 aliphatic carbocycles. The Morgan fingerprint density at radius 2 is 1.89 bits per heavy atom. The van der Waals surface area contributed by atoms with Crippen LogP contribution in [0.25, 0.3) is 11.0 Å². The standard InChI is InChI=1S/C14H20N4O/c1-7-13(8(2)18-17-7)10-4-5-11-12(6-10)16-14(15-11)9(3)19/h4-9,13,17-19H,1-3H3,(H,15,16). The Morgan fingerprint density at radius 3 is 2.53 bits per heavy atom. The van der Waals surface area contributed by atoms with Gasteiger partial charge in [0.25, 0.3) is 0 Å². The van der Waals surface area contributed by atoms with Gasteiger partial charge in [-0.25, -0.2) is 4.98 Å². The fraction of sp³-hybridized carbons (Fsp3) is 0.500. The molecule has 2 heterocycles. The van der Waals surface area contributed by atoms with E-state index in [9.17, 15) is 5.11 Å². The zero-order chi connectivity index (χ0) is 13.6. The van der Waals surface area contributed by atoms with Crippen LogP contribution in [-0.2, 0) is 0 Å². The zero-order valence-electron chi connectivity index (χ0n) is 11.4. The Bertz CT molecular complexity index is 582. The third kappa shape index (κ3) is 2.14. The van der Waals surface area contributed by atoms with E-state index >= 15 is 0 Å². The Labute approximate surface area is 112 Å². The van der Waals surface area contributed by atoms with Crippen molar-refractivity contribution < 1.29 is 5.11 Å². The molecule has 1 aromatic carbocycles. The smallest absolute Gasteiger partial charge is 0.135 e. The summed E-state index contributed by atoms with van der Waals surface area (Å²) >= 11 is 0. The number of fused-ring (bicyclic) bond motifs is 1. The second kappa shape index (κ2) is 4.59. The summed E-state index contributed by atoms with van der Waals surface area (Å²) in [5, 5.41) is 9.58. The first-order valence-corrected chi connectivity index (χ1v) is 6.75. The molecule has 3 atom stereocenters. The zero-order valence-corrected chi connectivity index (χ0v) is 11.4. The average molecular weight is 260 g/mol. The van der Waals surface area contributed by atoms with E-state index in [1.165, 1.54) is 5.56 Å². The summed E-state index contributed by atoms with van der Waals surface area (Å²) in [6, 6.07) is 7.07. The number of imidazole rings is 1. The van der Waals surface area contributed by atoms with Crippen molar-refractivity contribution in [2.75, 3.05) is 0 Å². The molecule has 19 heavy (non-hydrogen) atoms. The van der Waals surface area contributed by atoms with Gasteiger partial charge in [0, 0.05) is 18.0 Å². The van der Waals surface area contributed by atoms with E-state index in [2.05, 4.69) is 46.8 Å². The molecule has 5 nitrogen and oxygen atoms in total. The normalized spacial score (nSPS) is 28.9. The number of aromatic amines is 1. The van der Waals surface area contributed by atoms with Crippen molar-refractivity contribution in [3.05, 3.63) is 29.6 Å². The average Bonchev–Trinajstić information content (AvgIpc) is 2.92. The highest BCUT2D eigenvalue weighted by Gasteiger charge is 2.31. The van der Waals surface area contributed by atoms with Gasteiger partial charge in [0.2, 0.25) is 0 Å². The minimum absolute atomic E-state index is 0.395. The number of nitrogens with zero attached hydrogens (tertiary/aromatic N) is 1. The van der Waals surface area contributed by atoms with Crippen LogP contribution >= 0.6 is 0 Å². The van der Waals surface area contributed by atoms with Crippen LogP contribution in [0.4, 0.5) is 0 Å². The first-order chi connectivity index (χ1) is 9.06. The minimum atomic E-state index is -0.566. The predicted molar refractivity (Wildman–Crippen MR) is 74.7 cm³/mol. The summed E-state index contributed by atoms with van der Waals surface area (Å²) < 4.78 is 0. The van der Waals surface area contributed by atoms with Crippen molar-refractivity contribution in [2.45, 2.75) is 44.9 Å². The summed E-state index contributed by atoms with van der Waals surface area (Å²) in [4.78, 5) is 7.57. The molecular formula is C14H20N4O. The van der Waals surface area contributed by atoms with Crippen molar-refractivity contribution in [3.8, 4) is 0 Å². The fourth-order valence-electron chi connectivity index (χ4n) is 2.90. The van der Waals surface area contributed by atoms with Crippen molar-refractivity contribution >= 4 is 11.0 Å². The number of aliphatic hydroxyl groups excluding tert-OH is 1. The van der Waals surface area contributed by atoms with Crippen molar-refractivity contribution in [1.82, 2.24) is 20.8 Å². The molecule has 1 aliphatic heterocycles. The predicted octanol–water partition coefficient (Wildman–Crippen LogP) is 1.58. The SMILES string of the molecule is CC(O)c1nc2ccc(C3C(C)NNC3C)cc2[nH]1. The second-order valence-electron chi connectivity index (χ2n) is 5.47. The maximum atomic E-state index is 9.58. The number of nitrogens with one attached hydrogen (secondary N) is 3. The highest BCUT2D eigenvalue weighted by atomic mass is 16.3. The van der Waals surface area contributed by atoms with Gasteiger partial charge < -0.3 is 10.1 Å². The van der Waals surface area contributed by atoms with Gasteiger partial charge in [-0.2, -0.15) is 0 Å². The summed E-state index contributed by atoms with van der Waals surface area (Å²) in [7, 11) is 0. The number of hydrazine groups is 1. The van der Waals surface area contributed by atoms with E-state index in [1.54, 1.807) is 6.92 Å². The molecular weight excluding hydrogens is 240 g/mol. The van der Waals surface area contributed by atoms with Crippen molar-refractivity contribution in [2.24, 2.45) is 0 Å². The molecule has 1 aliphatic rings. The number of aliphatic hydroxyl groups is 1. The third-order valence-corrected chi connectivity index (χ3v) is 3.92. The number of benzene rings is 1. The molecule has 2 aromatic rings. The van der Waals surface area contributed by atoms with Crippen LogP contribution < -0.4 is 10.9 Å². The lowest BCUT2D eigenvalue weighted by molar-refractivity contribution is 0.190. The number of rotatable bonds is 2. The molecule has 0 amide bonds. The molecule has 102 valence electrons. The van der Waals surface area contributed by atoms with Crippen LogP contribution in [0.5, 0.6) is 0 Å². The van der Waals surface area contributed by atoms with E-state index < -0.39 is 6.10 Å². The molecule has 3 unspecified atom stereocenters. The highest BCUT2D eigenvalue weighted by molar-refractivity contribution is 5.76. The first-order valence-electron chi connectivity index (χ1n) is 6.75. The van der Waals surface area contributed by atoms with Crippen LogP contribution in [0.3, 0.4) is 0 Å². The monoisotopic (exact) mass is 260 g/mol. The Hall–Kier alpha value is -1.43. The second-order valence-corrected chi connectivity index (χ2v) is 5.47. The van der Waals surface area contributed by atoms with Crippen LogP contribution in [0.2, 0.25) is 0 Å². The van der Waals surface area contributed by atoms with Gasteiger partial charge in [-0.05, 0) is 38.5 Å². The van der Waals surface area contributed by atoms with E-state index in [-0.39, 0.29) is 0 Å². The van der Waals surface area contributed by atoms with Gasteiger partial charge in [-0.1, -0.05) is 6.07 Å². The molecule has 1 aromatic heterocycles. The van der Waals surface area contributed by atoms with E-state index in [1.807, 2.05) is 6.07 Å². The van der Waals surface area contributed by atoms with Crippen molar-refractivity contribution in [1.29, 1.82) is 0 Å². The van der Waals surface area contributed by atoms with Crippen LogP contribution in [0, 0.1) is 0 Å². The molecule has 0 spiro atoms. The number of aromatic nitrogens is 2. The molecule has 4 N–H and O–H groups in total. The molecule has 1 saturated heterocycles. The maximum Gasteiger partial charge on any atom is 0.135 e. The summed E-state index contributed by atoms with van der Waals surface area (Å²) in [5.41, 5.74) is 9.72.